The second-order valence-electron chi connectivity index (χ2n) is 4.44. The zero-order chi connectivity index (χ0) is 11.4. The molecule has 0 spiro atoms. The van der Waals surface area contributed by atoms with E-state index in [0.29, 0.717) is 13.2 Å². The van der Waals surface area contributed by atoms with Crippen LogP contribution < -0.4 is 5.32 Å². The van der Waals surface area contributed by atoms with E-state index in [9.17, 15) is 4.79 Å². The number of carbonyl (C=O) groups is 1. The van der Waals surface area contributed by atoms with Crippen LogP contribution in [-0.4, -0.2) is 49.7 Å². The lowest BCUT2D eigenvalue weighted by atomic mass is 10.1. The number of nitrogens with zero attached hydrogens (tertiary/aromatic N) is 1. The quantitative estimate of drug-likeness (QED) is 0.809. The molecule has 0 radical (unpaired) electrons. The van der Waals surface area contributed by atoms with Gasteiger partial charge >= 0.3 is 0 Å². The van der Waals surface area contributed by atoms with Gasteiger partial charge in [-0.1, -0.05) is 6.92 Å². The number of carbonyl (C=O) groups excluding carboxylic acids is 1. The van der Waals surface area contributed by atoms with E-state index < -0.39 is 0 Å². The van der Waals surface area contributed by atoms with Crippen molar-refractivity contribution >= 4 is 18.3 Å². The Morgan fingerprint density at radius 2 is 2.19 bits per heavy atom. The van der Waals surface area contributed by atoms with Gasteiger partial charge in [-0.05, 0) is 20.9 Å². The molecular weight excluding hydrogens is 228 g/mol. The van der Waals surface area contributed by atoms with E-state index >= 15 is 0 Å². The number of rotatable bonds is 3. The summed E-state index contributed by atoms with van der Waals surface area (Å²) in [6.07, 6.45) is 0.159. The SMILES string of the molecule is CNCC(C)C(=O)N1CC(C)OCC1C.Cl. The van der Waals surface area contributed by atoms with Crippen LogP contribution in [0, 0.1) is 5.92 Å². The lowest BCUT2D eigenvalue weighted by Crippen LogP contribution is -2.52. The van der Waals surface area contributed by atoms with E-state index in [4.69, 9.17) is 4.74 Å². The Hall–Kier alpha value is -0.320. The zero-order valence-electron chi connectivity index (χ0n) is 10.5. The number of amides is 1. The van der Waals surface area contributed by atoms with Crippen LogP contribution in [0.15, 0.2) is 0 Å². The van der Waals surface area contributed by atoms with Crippen molar-refractivity contribution in [3.8, 4) is 0 Å². The largest absolute Gasteiger partial charge is 0.375 e. The number of nitrogens with one attached hydrogen (secondary N) is 1. The molecule has 0 saturated carbocycles. The Bertz CT molecular complexity index is 226. The molecule has 1 rings (SSSR count). The summed E-state index contributed by atoms with van der Waals surface area (Å²) < 4.78 is 5.50. The van der Waals surface area contributed by atoms with E-state index in [-0.39, 0.29) is 36.4 Å². The van der Waals surface area contributed by atoms with Gasteiger partial charge in [0.25, 0.3) is 0 Å². The summed E-state index contributed by atoms with van der Waals surface area (Å²) in [7, 11) is 1.87. The summed E-state index contributed by atoms with van der Waals surface area (Å²) in [6, 6.07) is 0.202. The molecule has 1 saturated heterocycles. The van der Waals surface area contributed by atoms with Crippen LogP contribution in [-0.2, 0) is 9.53 Å². The summed E-state index contributed by atoms with van der Waals surface area (Å²) >= 11 is 0. The van der Waals surface area contributed by atoms with Gasteiger partial charge in [0.2, 0.25) is 5.91 Å². The molecule has 1 aliphatic heterocycles. The molecule has 0 aliphatic carbocycles. The maximum absolute atomic E-state index is 12.1. The monoisotopic (exact) mass is 250 g/mol. The fourth-order valence-electron chi connectivity index (χ4n) is 1.89. The zero-order valence-corrected chi connectivity index (χ0v) is 11.3. The van der Waals surface area contributed by atoms with Gasteiger partial charge in [-0.15, -0.1) is 12.4 Å². The molecule has 1 amide bonds. The van der Waals surface area contributed by atoms with Crippen molar-refractivity contribution in [2.45, 2.75) is 32.9 Å². The van der Waals surface area contributed by atoms with Gasteiger partial charge < -0.3 is 15.0 Å². The summed E-state index contributed by atoms with van der Waals surface area (Å²) in [5.41, 5.74) is 0. The summed E-state index contributed by atoms with van der Waals surface area (Å²) in [6.45, 7) is 8.11. The molecule has 3 unspecified atom stereocenters. The first-order chi connectivity index (χ1) is 7.06. The molecule has 1 fully saturated rings. The Morgan fingerprint density at radius 3 is 2.75 bits per heavy atom. The third-order valence-corrected chi connectivity index (χ3v) is 2.82. The third-order valence-electron chi connectivity index (χ3n) is 2.82. The van der Waals surface area contributed by atoms with Crippen LogP contribution in [0.3, 0.4) is 0 Å². The molecule has 0 aromatic heterocycles. The van der Waals surface area contributed by atoms with E-state index in [1.807, 2.05) is 32.7 Å². The van der Waals surface area contributed by atoms with Gasteiger partial charge in [0.15, 0.2) is 0 Å². The molecule has 1 heterocycles. The fraction of sp³-hybridized carbons (Fsp3) is 0.909. The van der Waals surface area contributed by atoms with E-state index in [1.165, 1.54) is 0 Å². The third kappa shape index (κ3) is 3.92. The normalized spacial score (nSPS) is 27.1. The Morgan fingerprint density at radius 1 is 1.56 bits per heavy atom. The van der Waals surface area contributed by atoms with Crippen molar-refractivity contribution in [3.63, 3.8) is 0 Å². The predicted molar refractivity (Wildman–Crippen MR) is 66.9 cm³/mol. The fourth-order valence-corrected chi connectivity index (χ4v) is 1.89. The van der Waals surface area contributed by atoms with Crippen LogP contribution in [0.4, 0.5) is 0 Å². The highest BCUT2D eigenvalue weighted by Crippen LogP contribution is 2.14. The summed E-state index contributed by atoms with van der Waals surface area (Å²) in [4.78, 5) is 14.0. The molecule has 4 nitrogen and oxygen atoms in total. The minimum atomic E-state index is 0. The van der Waals surface area contributed by atoms with Crippen LogP contribution >= 0.6 is 12.4 Å². The number of halogens is 1. The van der Waals surface area contributed by atoms with E-state index in [0.717, 1.165) is 6.54 Å². The highest BCUT2D eigenvalue weighted by Gasteiger charge is 2.29. The smallest absolute Gasteiger partial charge is 0.227 e. The second kappa shape index (κ2) is 7.09. The van der Waals surface area contributed by atoms with Crippen LogP contribution in [0.25, 0.3) is 0 Å². The molecule has 0 bridgehead atoms. The Kier molecular flexibility index (Phi) is 6.95. The average molecular weight is 251 g/mol. The Labute approximate surface area is 104 Å². The van der Waals surface area contributed by atoms with Crippen molar-refractivity contribution in [3.05, 3.63) is 0 Å². The molecule has 96 valence electrons. The minimum absolute atomic E-state index is 0. The van der Waals surface area contributed by atoms with Crippen LogP contribution in [0.5, 0.6) is 0 Å². The Balaban J connectivity index is 0.00000225. The topological polar surface area (TPSA) is 41.6 Å². The standard InChI is InChI=1S/C11H22N2O2.ClH/c1-8(5-12-4)11(14)13-6-10(3)15-7-9(13)2;/h8-10,12H,5-7H2,1-4H3;1H. The number of ether oxygens (including phenoxy) is 1. The number of morpholine rings is 1. The van der Waals surface area contributed by atoms with Crippen LogP contribution in [0.1, 0.15) is 20.8 Å². The lowest BCUT2D eigenvalue weighted by Gasteiger charge is -2.38. The first-order valence-electron chi connectivity index (χ1n) is 5.63. The minimum Gasteiger partial charge on any atom is -0.375 e. The maximum atomic E-state index is 12.1. The highest BCUT2D eigenvalue weighted by atomic mass is 35.5. The highest BCUT2D eigenvalue weighted by molar-refractivity contribution is 5.85. The molecule has 5 heteroatoms. The van der Waals surface area contributed by atoms with Crippen LogP contribution in [0.2, 0.25) is 0 Å². The second-order valence-corrected chi connectivity index (χ2v) is 4.44. The predicted octanol–water partition coefficient (Wildman–Crippen LogP) is 0.899. The molecule has 3 atom stereocenters. The molecule has 1 aliphatic rings. The van der Waals surface area contributed by atoms with Crippen molar-refractivity contribution in [2.75, 3.05) is 26.7 Å². The van der Waals surface area contributed by atoms with Gasteiger partial charge in [-0.25, -0.2) is 0 Å². The molecule has 0 aromatic rings. The van der Waals surface area contributed by atoms with Crippen molar-refractivity contribution < 1.29 is 9.53 Å². The van der Waals surface area contributed by atoms with Gasteiger partial charge in [-0.3, -0.25) is 4.79 Å². The molecule has 1 N–H and O–H groups in total. The summed E-state index contributed by atoms with van der Waals surface area (Å²) in [5, 5.41) is 3.03. The van der Waals surface area contributed by atoms with E-state index in [2.05, 4.69) is 5.32 Å². The number of hydrogen-bond acceptors (Lipinski definition) is 3. The lowest BCUT2D eigenvalue weighted by molar-refractivity contribution is -0.146. The van der Waals surface area contributed by atoms with Gasteiger partial charge in [0, 0.05) is 19.0 Å². The van der Waals surface area contributed by atoms with Crippen molar-refractivity contribution in [1.29, 1.82) is 0 Å². The van der Waals surface area contributed by atoms with Gasteiger partial charge in [0.1, 0.15) is 0 Å². The maximum Gasteiger partial charge on any atom is 0.227 e. The van der Waals surface area contributed by atoms with Gasteiger partial charge in [-0.2, -0.15) is 0 Å². The molecule has 16 heavy (non-hydrogen) atoms. The summed E-state index contributed by atoms with van der Waals surface area (Å²) in [5.74, 6) is 0.273. The molecule has 0 aromatic carbocycles. The van der Waals surface area contributed by atoms with E-state index in [1.54, 1.807) is 0 Å². The number of hydrogen-bond donors (Lipinski definition) is 1. The van der Waals surface area contributed by atoms with Gasteiger partial charge in [0.05, 0.1) is 18.8 Å². The first-order valence-corrected chi connectivity index (χ1v) is 5.63. The average Bonchev–Trinajstić information content (AvgIpc) is 2.21. The van der Waals surface area contributed by atoms with Crippen molar-refractivity contribution in [1.82, 2.24) is 10.2 Å². The first kappa shape index (κ1) is 15.7. The molecular formula is C11H23ClN2O2. The van der Waals surface area contributed by atoms with Crippen molar-refractivity contribution in [2.24, 2.45) is 5.92 Å².